The standard InChI is InChI=1S/C17H14ClNO4/c1-9-4-3-5-11(10(9)2)16-12-6-7-13(22-8-14(20)21)15(18)17(12)23-19-16/h3-7H,8H2,1-2H3,(H,20,21)/p-1. The number of carboxylic acid groups (broad SMARTS) is 1. The Morgan fingerprint density at radius 2 is 2.09 bits per heavy atom. The predicted molar refractivity (Wildman–Crippen MR) is 84.4 cm³/mol. The summed E-state index contributed by atoms with van der Waals surface area (Å²) in [5.41, 5.74) is 4.27. The van der Waals surface area contributed by atoms with E-state index in [1.165, 1.54) is 0 Å². The zero-order valence-electron chi connectivity index (χ0n) is 12.6. The van der Waals surface area contributed by atoms with E-state index >= 15 is 0 Å². The van der Waals surface area contributed by atoms with Crippen LogP contribution in [0.15, 0.2) is 34.9 Å². The molecule has 1 heterocycles. The molecule has 6 heteroatoms. The molecule has 118 valence electrons. The number of aromatic nitrogens is 1. The van der Waals surface area contributed by atoms with Crippen LogP contribution in [-0.2, 0) is 4.79 Å². The van der Waals surface area contributed by atoms with Gasteiger partial charge in [0, 0.05) is 5.56 Å². The minimum absolute atomic E-state index is 0.188. The second kappa shape index (κ2) is 5.93. The van der Waals surface area contributed by atoms with Gasteiger partial charge in [-0.25, -0.2) is 0 Å². The van der Waals surface area contributed by atoms with Gasteiger partial charge in [-0.2, -0.15) is 0 Å². The number of ether oxygens (including phenoxy) is 1. The highest BCUT2D eigenvalue weighted by molar-refractivity contribution is 6.36. The second-order valence-corrected chi connectivity index (χ2v) is 5.57. The van der Waals surface area contributed by atoms with Crippen LogP contribution in [0.5, 0.6) is 5.75 Å². The van der Waals surface area contributed by atoms with Crippen LogP contribution in [0, 0.1) is 13.8 Å². The summed E-state index contributed by atoms with van der Waals surface area (Å²) in [4.78, 5) is 10.5. The molecular weight excluding hydrogens is 318 g/mol. The van der Waals surface area contributed by atoms with E-state index < -0.39 is 12.6 Å². The van der Waals surface area contributed by atoms with Crippen molar-refractivity contribution in [2.24, 2.45) is 0 Å². The van der Waals surface area contributed by atoms with Crippen molar-refractivity contribution in [1.29, 1.82) is 0 Å². The quantitative estimate of drug-likeness (QED) is 0.735. The van der Waals surface area contributed by atoms with Crippen LogP contribution in [0.4, 0.5) is 0 Å². The van der Waals surface area contributed by atoms with Crippen molar-refractivity contribution in [3.63, 3.8) is 0 Å². The van der Waals surface area contributed by atoms with E-state index in [9.17, 15) is 9.90 Å². The van der Waals surface area contributed by atoms with Crippen LogP contribution < -0.4 is 9.84 Å². The van der Waals surface area contributed by atoms with Crippen molar-refractivity contribution in [2.75, 3.05) is 6.61 Å². The van der Waals surface area contributed by atoms with Crippen LogP contribution in [0.2, 0.25) is 5.02 Å². The van der Waals surface area contributed by atoms with Crippen LogP contribution >= 0.6 is 11.6 Å². The molecule has 0 radical (unpaired) electrons. The molecule has 0 N–H and O–H groups in total. The van der Waals surface area contributed by atoms with E-state index in [0.717, 1.165) is 22.1 Å². The van der Waals surface area contributed by atoms with Crippen molar-refractivity contribution in [3.05, 3.63) is 46.5 Å². The highest BCUT2D eigenvalue weighted by Crippen LogP contribution is 2.38. The van der Waals surface area contributed by atoms with E-state index in [4.69, 9.17) is 20.9 Å². The number of carboxylic acids is 1. The van der Waals surface area contributed by atoms with Gasteiger partial charge >= 0.3 is 0 Å². The number of aryl methyl sites for hydroxylation is 1. The lowest BCUT2D eigenvalue weighted by atomic mass is 9.99. The average Bonchev–Trinajstić information content (AvgIpc) is 2.94. The molecule has 2 aromatic carbocycles. The van der Waals surface area contributed by atoms with Gasteiger partial charge in [-0.15, -0.1) is 0 Å². The van der Waals surface area contributed by atoms with Crippen molar-refractivity contribution in [1.82, 2.24) is 5.16 Å². The maximum absolute atomic E-state index is 10.5. The number of fused-ring (bicyclic) bond motifs is 1. The first-order chi connectivity index (χ1) is 11.0. The molecule has 0 fully saturated rings. The smallest absolute Gasteiger partial charge is 0.189 e. The molecule has 3 rings (SSSR count). The zero-order valence-corrected chi connectivity index (χ0v) is 13.3. The van der Waals surface area contributed by atoms with Crippen molar-refractivity contribution >= 4 is 28.5 Å². The maximum atomic E-state index is 10.5. The maximum Gasteiger partial charge on any atom is 0.189 e. The lowest BCUT2D eigenvalue weighted by Crippen LogP contribution is -2.28. The Morgan fingerprint density at radius 1 is 1.30 bits per heavy atom. The number of rotatable bonds is 4. The molecule has 0 aliphatic carbocycles. The Labute approximate surface area is 137 Å². The third-order valence-electron chi connectivity index (χ3n) is 3.75. The summed E-state index contributed by atoms with van der Waals surface area (Å²) in [6.45, 7) is 3.47. The molecule has 0 unspecified atom stereocenters. The summed E-state index contributed by atoms with van der Waals surface area (Å²) in [5, 5.41) is 15.5. The molecule has 5 nitrogen and oxygen atoms in total. The number of benzene rings is 2. The number of hydrogen-bond acceptors (Lipinski definition) is 5. The van der Waals surface area contributed by atoms with Gasteiger partial charge in [0.15, 0.2) is 5.58 Å². The van der Waals surface area contributed by atoms with E-state index in [0.29, 0.717) is 11.3 Å². The average molecular weight is 331 g/mol. The summed E-state index contributed by atoms with van der Waals surface area (Å²) in [5.74, 6) is -1.11. The molecule has 0 atom stereocenters. The molecule has 0 bridgehead atoms. The Kier molecular flexibility index (Phi) is 3.96. The topological polar surface area (TPSA) is 75.4 Å². The second-order valence-electron chi connectivity index (χ2n) is 5.19. The minimum atomic E-state index is -1.32. The monoisotopic (exact) mass is 330 g/mol. The van der Waals surface area contributed by atoms with Gasteiger partial charge in [-0.05, 0) is 37.1 Å². The fourth-order valence-electron chi connectivity index (χ4n) is 2.40. The SMILES string of the molecule is Cc1cccc(-c2noc3c(Cl)c(OCC(=O)[O-])ccc23)c1C. The molecule has 0 spiro atoms. The first kappa shape index (κ1) is 15.4. The molecule has 0 aliphatic rings. The summed E-state index contributed by atoms with van der Waals surface area (Å²) in [7, 11) is 0. The van der Waals surface area contributed by atoms with E-state index in [1.54, 1.807) is 12.1 Å². The first-order valence-corrected chi connectivity index (χ1v) is 7.34. The van der Waals surface area contributed by atoms with E-state index in [2.05, 4.69) is 5.16 Å². The third kappa shape index (κ3) is 2.75. The normalized spacial score (nSPS) is 10.9. The summed E-state index contributed by atoms with van der Waals surface area (Å²) >= 11 is 6.22. The lowest BCUT2D eigenvalue weighted by molar-refractivity contribution is -0.307. The summed E-state index contributed by atoms with van der Waals surface area (Å²) in [6, 6.07) is 9.30. The van der Waals surface area contributed by atoms with Crippen LogP contribution in [0.3, 0.4) is 0 Å². The van der Waals surface area contributed by atoms with E-state index in [1.807, 2.05) is 32.0 Å². The van der Waals surface area contributed by atoms with E-state index in [-0.39, 0.29) is 10.8 Å². The highest BCUT2D eigenvalue weighted by Gasteiger charge is 2.18. The van der Waals surface area contributed by atoms with Crippen LogP contribution in [0.1, 0.15) is 11.1 Å². The summed E-state index contributed by atoms with van der Waals surface area (Å²) < 4.78 is 10.4. The Morgan fingerprint density at radius 3 is 2.83 bits per heavy atom. The number of nitrogens with zero attached hydrogens (tertiary/aromatic N) is 1. The van der Waals surface area contributed by atoms with Crippen molar-refractivity contribution in [3.8, 4) is 17.0 Å². The Balaban J connectivity index is 2.10. The molecular formula is C17H13ClNO4-. The minimum Gasteiger partial charge on any atom is -0.546 e. The lowest BCUT2D eigenvalue weighted by Gasteiger charge is -2.08. The number of carbonyl (C=O) groups is 1. The van der Waals surface area contributed by atoms with Gasteiger partial charge in [0.2, 0.25) is 0 Å². The Bertz CT molecular complexity index is 901. The number of carbonyl (C=O) groups excluding carboxylic acids is 1. The van der Waals surface area contributed by atoms with Gasteiger partial charge < -0.3 is 19.2 Å². The number of aliphatic carboxylic acids is 1. The molecule has 0 aliphatic heterocycles. The predicted octanol–water partition coefficient (Wildman–Crippen LogP) is 2.89. The van der Waals surface area contributed by atoms with Gasteiger partial charge in [0.25, 0.3) is 0 Å². The van der Waals surface area contributed by atoms with Gasteiger partial charge in [0.05, 0.1) is 11.4 Å². The molecule has 0 saturated carbocycles. The van der Waals surface area contributed by atoms with Crippen LogP contribution in [0.25, 0.3) is 22.2 Å². The van der Waals surface area contributed by atoms with Gasteiger partial charge in [-0.1, -0.05) is 35.0 Å². The molecule has 0 amide bonds. The largest absolute Gasteiger partial charge is 0.546 e. The highest BCUT2D eigenvalue weighted by atomic mass is 35.5. The molecule has 1 aromatic heterocycles. The van der Waals surface area contributed by atoms with Crippen LogP contribution in [-0.4, -0.2) is 17.7 Å². The number of halogens is 1. The van der Waals surface area contributed by atoms with Gasteiger partial charge in [0.1, 0.15) is 23.1 Å². The zero-order chi connectivity index (χ0) is 16.6. The fourth-order valence-corrected chi connectivity index (χ4v) is 2.66. The van der Waals surface area contributed by atoms with Crippen molar-refractivity contribution < 1.29 is 19.2 Å². The van der Waals surface area contributed by atoms with Gasteiger partial charge in [-0.3, -0.25) is 0 Å². The first-order valence-electron chi connectivity index (χ1n) is 6.96. The Hall–Kier alpha value is -2.53. The van der Waals surface area contributed by atoms with Crippen molar-refractivity contribution in [2.45, 2.75) is 13.8 Å². The number of hydrogen-bond donors (Lipinski definition) is 0. The molecule has 23 heavy (non-hydrogen) atoms. The molecule has 0 saturated heterocycles. The third-order valence-corrected chi connectivity index (χ3v) is 4.11. The summed E-state index contributed by atoms with van der Waals surface area (Å²) in [6.07, 6.45) is 0. The molecule has 3 aromatic rings. The fraction of sp³-hybridized carbons (Fsp3) is 0.176.